The van der Waals surface area contributed by atoms with Gasteiger partial charge in [0.05, 0.1) is 17.1 Å². The highest BCUT2D eigenvalue weighted by Crippen LogP contribution is 2.36. The molecule has 1 aliphatic heterocycles. The topological polar surface area (TPSA) is 46.3 Å². The third-order valence-electron chi connectivity index (χ3n) is 2.22. The summed E-state index contributed by atoms with van der Waals surface area (Å²) in [5.74, 6) is 0.0579. The first kappa shape index (κ1) is 8.38. The average molecular weight is 197 g/mol. The SMILES string of the molecule is CN1C(=O)Cc2cc(N)cc(Cl)c21. The van der Waals surface area contributed by atoms with E-state index in [-0.39, 0.29) is 5.91 Å². The van der Waals surface area contributed by atoms with Gasteiger partial charge in [0.15, 0.2) is 0 Å². The molecule has 3 nitrogen and oxygen atoms in total. The molecule has 1 aromatic carbocycles. The number of halogens is 1. The zero-order chi connectivity index (χ0) is 9.59. The molecular weight excluding hydrogens is 188 g/mol. The van der Waals surface area contributed by atoms with Gasteiger partial charge in [0.1, 0.15) is 0 Å². The third-order valence-corrected chi connectivity index (χ3v) is 2.50. The van der Waals surface area contributed by atoms with Crippen LogP contribution in [0.5, 0.6) is 0 Å². The van der Waals surface area contributed by atoms with Gasteiger partial charge in [0, 0.05) is 12.7 Å². The maximum atomic E-state index is 11.3. The van der Waals surface area contributed by atoms with Crippen molar-refractivity contribution in [1.82, 2.24) is 0 Å². The predicted molar refractivity (Wildman–Crippen MR) is 53.0 cm³/mol. The number of benzene rings is 1. The molecule has 1 aliphatic rings. The molecule has 0 bridgehead atoms. The molecule has 0 saturated heterocycles. The smallest absolute Gasteiger partial charge is 0.231 e. The normalized spacial score (nSPS) is 14.9. The number of rotatable bonds is 0. The fourth-order valence-corrected chi connectivity index (χ4v) is 1.97. The van der Waals surface area contributed by atoms with E-state index in [0.717, 1.165) is 11.3 Å². The number of amides is 1. The van der Waals surface area contributed by atoms with E-state index in [1.54, 1.807) is 24.1 Å². The van der Waals surface area contributed by atoms with Crippen LogP contribution in [0.15, 0.2) is 12.1 Å². The minimum absolute atomic E-state index is 0.0579. The highest BCUT2D eigenvalue weighted by Gasteiger charge is 2.26. The molecule has 1 aromatic rings. The summed E-state index contributed by atoms with van der Waals surface area (Å²) in [6.45, 7) is 0. The fraction of sp³-hybridized carbons (Fsp3) is 0.222. The molecule has 2 rings (SSSR count). The van der Waals surface area contributed by atoms with Gasteiger partial charge in [-0.3, -0.25) is 4.79 Å². The first-order valence-corrected chi connectivity index (χ1v) is 4.32. The second-order valence-electron chi connectivity index (χ2n) is 3.14. The summed E-state index contributed by atoms with van der Waals surface area (Å²) in [7, 11) is 1.72. The van der Waals surface area contributed by atoms with Crippen LogP contribution in [0, 0.1) is 0 Å². The van der Waals surface area contributed by atoms with Crippen molar-refractivity contribution in [2.24, 2.45) is 0 Å². The number of nitrogen functional groups attached to an aromatic ring is 1. The summed E-state index contributed by atoms with van der Waals surface area (Å²) in [5.41, 5.74) is 7.92. The molecule has 13 heavy (non-hydrogen) atoms. The molecular formula is C9H9ClN2O. The molecule has 4 heteroatoms. The zero-order valence-corrected chi connectivity index (χ0v) is 7.93. The van der Waals surface area contributed by atoms with Gasteiger partial charge in [0.25, 0.3) is 0 Å². The number of carbonyl (C=O) groups excluding carboxylic acids is 1. The van der Waals surface area contributed by atoms with E-state index < -0.39 is 0 Å². The Hall–Kier alpha value is -1.22. The minimum atomic E-state index is 0.0579. The molecule has 68 valence electrons. The van der Waals surface area contributed by atoms with Gasteiger partial charge in [0.2, 0.25) is 5.91 Å². The highest BCUT2D eigenvalue weighted by molar-refractivity contribution is 6.35. The summed E-state index contributed by atoms with van der Waals surface area (Å²) in [6.07, 6.45) is 0.399. The second-order valence-corrected chi connectivity index (χ2v) is 3.55. The largest absolute Gasteiger partial charge is 0.399 e. The first-order chi connectivity index (χ1) is 6.09. The summed E-state index contributed by atoms with van der Waals surface area (Å²) in [5, 5.41) is 0.545. The van der Waals surface area contributed by atoms with Gasteiger partial charge in [-0.25, -0.2) is 0 Å². The molecule has 0 unspecified atom stereocenters. The number of carbonyl (C=O) groups is 1. The standard InChI is InChI=1S/C9H9ClN2O/c1-12-8(13)3-5-2-6(11)4-7(10)9(5)12/h2,4H,3,11H2,1H3. The lowest BCUT2D eigenvalue weighted by Crippen LogP contribution is -2.20. The van der Waals surface area contributed by atoms with E-state index in [2.05, 4.69) is 0 Å². The monoisotopic (exact) mass is 196 g/mol. The quantitative estimate of drug-likeness (QED) is 0.639. The summed E-state index contributed by atoms with van der Waals surface area (Å²) in [6, 6.07) is 3.46. The lowest BCUT2D eigenvalue weighted by atomic mass is 10.1. The van der Waals surface area contributed by atoms with Crippen LogP contribution in [0.3, 0.4) is 0 Å². The van der Waals surface area contributed by atoms with Crippen LogP contribution in [0.4, 0.5) is 11.4 Å². The summed E-state index contributed by atoms with van der Waals surface area (Å²) in [4.78, 5) is 12.9. The van der Waals surface area contributed by atoms with Crippen LogP contribution in [0.1, 0.15) is 5.56 Å². The number of likely N-dealkylation sites (N-methyl/N-ethyl adjacent to an activating group) is 1. The van der Waals surface area contributed by atoms with E-state index in [4.69, 9.17) is 17.3 Å². The molecule has 1 heterocycles. The van der Waals surface area contributed by atoms with Crippen LogP contribution in [-0.4, -0.2) is 13.0 Å². The van der Waals surface area contributed by atoms with Gasteiger partial charge in [-0.2, -0.15) is 0 Å². The lowest BCUT2D eigenvalue weighted by molar-refractivity contribution is -0.117. The molecule has 1 amide bonds. The van der Waals surface area contributed by atoms with Crippen molar-refractivity contribution >= 4 is 28.9 Å². The lowest BCUT2D eigenvalue weighted by Gasteiger charge is -2.11. The van der Waals surface area contributed by atoms with Crippen molar-refractivity contribution in [3.05, 3.63) is 22.7 Å². The second kappa shape index (κ2) is 2.64. The van der Waals surface area contributed by atoms with Crippen LogP contribution in [0.2, 0.25) is 5.02 Å². The van der Waals surface area contributed by atoms with E-state index in [9.17, 15) is 4.79 Å². The molecule has 0 saturated carbocycles. The van der Waals surface area contributed by atoms with Crippen LogP contribution in [0.25, 0.3) is 0 Å². The maximum absolute atomic E-state index is 11.3. The van der Waals surface area contributed by atoms with Gasteiger partial charge in [-0.15, -0.1) is 0 Å². The maximum Gasteiger partial charge on any atom is 0.231 e. The minimum Gasteiger partial charge on any atom is -0.399 e. The Morgan fingerprint density at radius 3 is 2.92 bits per heavy atom. The Balaban J connectivity index is 2.64. The Morgan fingerprint density at radius 2 is 2.23 bits per heavy atom. The molecule has 0 fully saturated rings. The summed E-state index contributed by atoms with van der Waals surface area (Å²) >= 11 is 5.96. The number of hydrogen-bond acceptors (Lipinski definition) is 2. The van der Waals surface area contributed by atoms with Crippen molar-refractivity contribution in [3.8, 4) is 0 Å². The van der Waals surface area contributed by atoms with Crippen molar-refractivity contribution in [2.45, 2.75) is 6.42 Å². The van der Waals surface area contributed by atoms with Crippen molar-refractivity contribution in [2.75, 3.05) is 17.7 Å². The van der Waals surface area contributed by atoms with Gasteiger partial charge >= 0.3 is 0 Å². The fourth-order valence-electron chi connectivity index (χ4n) is 1.60. The molecule has 0 radical (unpaired) electrons. The van der Waals surface area contributed by atoms with E-state index >= 15 is 0 Å². The predicted octanol–water partition coefficient (Wildman–Crippen LogP) is 1.44. The van der Waals surface area contributed by atoms with Crippen molar-refractivity contribution < 1.29 is 4.79 Å². The number of fused-ring (bicyclic) bond motifs is 1. The van der Waals surface area contributed by atoms with Crippen LogP contribution >= 0.6 is 11.6 Å². The Bertz CT molecular complexity index is 389. The summed E-state index contributed by atoms with van der Waals surface area (Å²) < 4.78 is 0. The van der Waals surface area contributed by atoms with Gasteiger partial charge in [-0.1, -0.05) is 11.6 Å². The van der Waals surface area contributed by atoms with Crippen LogP contribution in [-0.2, 0) is 11.2 Å². The number of nitrogens with zero attached hydrogens (tertiary/aromatic N) is 1. The molecule has 0 atom stereocenters. The highest BCUT2D eigenvalue weighted by atomic mass is 35.5. The van der Waals surface area contributed by atoms with E-state index in [1.807, 2.05) is 0 Å². The van der Waals surface area contributed by atoms with Gasteiger partial charge < -0.3 is 10.6 Å². The zero-order valence-electron chi connectivity index (χ0n) is 7.17. The Morgan fingerprint density at radius 1 is 1.54 bits per heavy atom. The number of anilines is 2. The average Bonchev–Trinajstić information content (AvgIpc) is 2.27. The number of nitrogens with two attached hydrogens (primary N) is 1. The van der Waals surface area contributed by atoms with Crippen molar-refractivity contribution in [3.63, 3.8) is 0 Å². The number of hydrogen-bond donors (Lipinski definition) is 1. The van der Waals surface area contributed by atoms with Gasteiger partial charge in [-0.05, 0) is 17.7 Å². The Kier molecular flexibility index (Phi) is 1.70. The molecule has 0 aliphatic carbocycles. The van der Waals surface area contributed by atoms with Crippen molar-refractivity contribution in [1.29, 1.82) is 0 Å². The molecule has 2 N–H and O–H groups in total. The van der Waals surface area contributed by atoms with E-state index in [0.29, 0.717) is 17.1 Å². The van der Waals surface area contributed by atoms with Crippen LogP contribution < -0.4 is 10.6 Å². The molecule has 0 spiro atoms. The Labute approximate surface area is 81.1 Å². The molecule has 0 aromatic heterocycles. The first-order valence-electron chi connectivity index (χ1n) is 3.94. The third kappa shape index (κ3) is 1.16. The van der Waals surface area contributed by atoms with E-state index in [1.165, 1.54) is 0 Å².